The first-order valence-corrected chi connectivity index (χ1v) is 6.86. The highest BCUT2D eigenvalue weighted by molar-refractivity contribution is 7.12. The van der Waals surface area contributed by atoms with Crippen LogP contribution in [0.5, 0.6) is 0 Å². The second kappa shape index (κ2) is 6.77. The number of hydrogen-bond donors (Lipinski definition) is 0. The summed E-state index contributed by atoms with van der Waals surface area (Å²) in [5, 5.41) is 1.95. The van der Waals surface area contributed by atoms with Gasteiger partial charge in [0.1, 0.15) is 0 Å². The van der Waals surface area contributed by atoms with E-state index in [1.54, 1.807) is 0 Å². The predicted molar refractivity (Wildman–Crippen MR) is 73.6 cm³/mol. The van der Waals surface area contributed by atoms with Crippen molar-refractivity contribution in [2.75, 3.05) is 33.7 Å². The molecule has 0 saturated heterocycles. The normalized spacial score (nSPS) is 11.2. The van der Waals surface area contributed by atoms with Crippen LogP contribution in [0.3, 0.4) is 0 Å². The van der Waals surface area contributed by atoms with Gasteiger partial charge in [0, 0.05) is 19.6 Å². The van der Waals surface area contributed by atoms with Crippen LogP contribution in [0.4, 0.5) is 0 Å². The van der Waals surface area contributed by atoms with Gasteiger partial charge in [0.2, 0.25) is 0 Å². The highest BCUT2D eigenvalue weighted by Crippen LogP contribution is 2.13. The van der Waals surface area contributed by atoms with Crippen molar-refractivity contribution in [1.29, 1.82) is 0 Å². The average Bonchev–Trinajstić information content (AvgIpc) is 2.75. The van der Waals surface area contributed by atoms with E-state index in [9.17, 15) is 4.79 Å². The molecule has 0 fully saturated rings. The van der Waals surface area contributed by atoms with E-state index in [-0.39, 0.29) is 5.91 Å². The number of carbonyl (C=O) groups is 1. The molecular weight excluding hydrogens is 232 g/mol. The largest absolute Gasteiger partial charge is 0.336 e. The molecule has 1 aromatic heterocycles. The molecule has 0 radical (unpaired) electrons. The Balaban J connectivity index is 2.65. The Labute approximate surface area is 108 Å². The summed E-state index contributed by atoms with van der Waals surface area (Å²) in [5.41, 5.74) is 0. The van der Waals surface area contributed by atoms with Crippen molar-refractivity contribution in [3.8, 4) is 0 Å². The average molecular weight is 254 g/mol. The van der Waals surface area contributed by atoms with Gasteiger partial charge < -0.3 is 9.80 Å². The van der Waals surface area contributed by atoms with E-state index in [1.165, 1.54) is 11.3 Å². The Morgan fingerprint density at radius 2 is 2.06 bits per heavy atom. The van der Waals surface area contributed by atoms with E-state index in [0.29, 0.717) is 5.92 Å². The Morgan fingerprint density at radius 1 is 1.35 bits per heavy atom. The lowest BCUT2D eigenvalue weighted by atomic mass is 10.2. The lowest BCUT2D eigenvalue weighted by Gasteiger charge is -2.25. The summed E-state index contributed by atoms with van der Waals surface area (Å²) in [6, 6.07) is 3.83. The summed E-state index contributed by atoms with van der Waals surface area (Å²) in [4.78, 5) is 17.2. The van der Waals surface area contributed by atoms with Crippen LogP contribution >= 0.6 is 11.3 Å². The zero-order valence-electron chi connectivity index (χ0n) is 11.1. The summed E-state index contributed by atoms with van der Waals surface area (Å²) in [6.45, 7) is 6.81. The van der Waals surface area contributed by atoms with Crippen molar-refractivity contribution >= 4 is 17.2 Å². The molecule has 17 heavy (non-hydrogen) atoms. The first-order chi connectivity index (χ1) is 8.00. The Morgan fingerprint density at radius 3 is 2.53 bits per heavy atom. The quantitative estimate of drug-likeness (QED) is 0.778. The van der Waals surface area contributed by atoms with Crippen LogP contribution in [0.2, 0.25) is 0 Å². The fourth-order valence-electron chi connectivity index (χ4n) is 1.59. The topological polar surface area (TPSA) is 23.6 Å². The molecule has 0 atom stereocenters. The predicted octanol–water partition coefficient (Wildman–Crippen LogP) is 2.41. The molecule has 0 saturated carbocycles. The number of hydrogen-bond acceptors (Lipinski definition) is 3. The van der Waals surface area contributed by atoms with Crippen LogP contribution in [0.25, 0.3) is 0 Å². The number of likely N-dealkylation sites (N-methyl/N-ethyl adjacent to an activating group) is 1. The minimum atomic E-state index is 0.163. The van der Waals surface area contributed by atoms with Gasteiger partial charge in [-0.2, -0.15) is 0 Å². The molecule has 1 heterocycles. The van der Waals surface area contributed by atoms with Crippen molar-refractivity contribution in [3.05, 3.63) is 22.4 Å². The van der Waals surface area contributed by atoms with E-state index in [0.717, 1.165) is 24.5 Å². The van der Waals surface area contributed by atoms with Crippen LogP contribution in [-0.2, 0) is 0 Å². The van der Waals surface area contributed by atoms with E-state index in [2.05, 4.69) is 18.7 Å². The van der Waals surface area contributed by atoms with Crippen molar-refractivity contribution in [2.45, 2.75) is 13.8 Å². The van der Waals surface area contributed by atoms with Crippen molar-refractivity contribution in [3.63, 3.8) is 0 Å². The zero-order chi connectivity index (χ0) is 12.8. The first kappa shape index (κ1) is 14.2. The van der Waals surface area contributed by atoms with Crippen LogP contribution in [0, 0.1) is 5.92 Å². The van der Waals surface area contributed by atoms with Gasteiger partial charge in [-0.1, -0.05) is 19.9 Å². The zero-order valence-corrected chi connectivity index (χ0v) is 12.0. The molecule has 1 amide bonds. The Kier molecular flexibility index (Phi) is 5.65. The number of rotatable bonds is 6. The molecule has 0 unspecified atom stereocenters. The highest BCUT2D eigenvalue weighted by Gasteiger charge is 2.17. The second-order valence-corrected chi connectivity index (χ2v) is 5.87. The smallest absolute Gasteiger partial charge is 0.263 e. The Hall–Kier alpha value is -0.870. The maximum absolute atomic E-state index is 12.3. The lowest BCUT2D eigenvalue weighted by Crippen LogP contribution is -2.38. The summed E-state index contributed by atoms with van der Waals surface area (Å²) >= 11 is 1.52. The molecule has 0 aliphatic heterocycles. The SMILES string of the molecule is CC(C)CN(CCN(C)C)C(=O)c1cccs1. The standard InChI is InChI=1S/C13H22N2OS/c1-11(2)10-15(8-7-14(3)4)13(16)12-6-5-9-17-12/h5-6,9,11H,7-8,10H2,1-4H3. The van der Waals surface area contributed by atoms with Gasteiger partial charge in [-0.15, -0.1) is 11.3 Å². The summed E-state index contributed by atoms with van der Waals surface area (Å²) < 4.78 is 0. The van der Waals surface area contributed by atoms with Crippen molar-refractivity contribution < 1.29 is 4.79 Å². The third-order valence-electron chi connectivity index (χ3n) is 2.42. The van der Waals surface area contributed by atoms with Gasteiger partial charge in [0.25, 0.3) is 5.91 Å². The first-order valence-electron chi connectivity index (χ1n) is 5.98. The maximum atomic E-state index is 12.3. The summed E-state index contributed by atoms with van der Waals surface area (Å²) in [6.07, 6.45) is 0. The fraction of sp³-hybridized carbons (Fsp3) is 0.615. The van der Waals surface area contributed by atoms with Gasteiger partial charge in [-0.05, 0) is 31.5 Å². The number of carbonyl (C=O) groups excluding carboxylic acids is 1. The molecular formula is C13H22N2OS. The third kappa shape index (κ3) is 4.88. The van der Waals surface area contributed by atoms with Crippen LogP contribution in [-0.4, -0.2) is 49.4 Å². The summed E-state index contributed by atoms with van der Waals surface area (Å²) in [5.74, 6) is 0.664. The third-order valence-corrected chi connectivity index (χ3v) is 3.28. The molecule has 1 rings (SSSR count). The molecule has 0 spiro atoms. The molecule has 4 heteroatoms. The molecule has 0 aromatic carbocycles. The van der Waals surface area contributed by atoms with Gasteiger partial charge in [-0.25, -0.2) is 0 Å². The highest BCUT2D eigenvalue weighted by atomic mass is 32.1. The molecule has 96 valence electrons. The lowest BCUT2D eigenvalue weighted by molar-refractivity contribution is 0.0729. The van der Waals surface area contributed by atoms with E-state index >= 15 is 0 Å². The van der Waals surface area contributed by atoms with Crippen molar-refractivity contribution in [2.24, 2.45) is 5.92 Å². The number of thiophene rings is 1. The second-order valence-electron chi connectivity index (χ2n) is 4.93. The molecule has 0 aliphatic rings. The minimum absolute atomic E-state index is 0.163. The number of nitrogens with zero attached hydrogens (tertiary/aromatic N) is 2. The fourth-order valence-corrected chi connectivity index (χ4v) is 2.28. The number of amides is 1. The molecule has 1 aromatic rings. The van der Waals surface area contributed by atoms with E-state index in [1.807, 2.05) is 36.5 Å². The molecule has 0 N–H and O–H groups in total. The van der Waals surface area contributed by atoms with Crippen molar-refractivity contribution in [1.82, 2.24) is 9.80 Å². The molecule has 0 aliphatic carbocycles. The Bertz CT molecular complexity index is 333. The van der Waals surface area contributed by atoms with E-state index in [4.69, 9.17) is 0 Å². The van der Waals surface area contributed by atoms with Gasteiger partial charge in [0.05, 0.1) is 4.88 Å². The van der Waals surface area contributed by atoms with Gasteiger partial charge >= 0.3 is 0 Å². The summed E-state index contributed by atoms with van der Waals surface area (Å²) in [7, 11) is 4.06. The van der Waals surface area contributed by atoms with Gasteiger partial charge in [0.15, 0.2) is 0 Å². The van der Waals surface area contributed by atoms with E-state index < -0.39 is 0 Å². The van der Waals surface area contributed by atoms with Crippen LogP contribution in [0.1, 0.15) is 23.5 Å². The van der Waals surface area contributed by atoms with Crippen LogP contribution in [0.15, 0.2) is 17.5 Å². The molecule has 3 nitrogen and oxygen atoms in total. The van der Waals surface area contributed by atoms with Gasteiger partial charge in [-0.3, -0.25) is 4.79 Å². The minimum Gasteiger partial charge on any atom is -0.336 e. The van der Waals surface area contributed by atoms with Crippen LogP contribution < -0.4 is 0 Å². The monoisotopic (exact) mass is 254 g/mol. The molecule has 0 bridgehead atoms. The maximum Gasteiger partial charge on any atom is 0.263 e.